The first-order chi connectivity index (χ1) is 9.20. The summed E-state index contributed by atoms with van der Waals surface area (Å²) in [6.07, 6.45) is 4.32. The minimum Gasteiger partial charge on any atom is -0.476 e. The van der Waals surface area contributed by atoms with E-state index in [1.807, 2.05) is 6.07 Å². The maximum Gasteiger partial charge on any atom is 0.356 e. The van der Waals surface area contributed by atoms with Gasteiger partial charge in [-0.3, -0.25) is 0 Å². The van der Waals surface area contributed by atoms with E-state index in [1.54, 1.807) is 10.6 Å². The number of nitriles is 1. The summed E-state index contributed by atoms with van der Waals surface area (Å²) in [4.78, 5) is 14.4. The van der Waals surface area contributed by atoms with E-state index in [4.69, 9.17) is 10.4 Å². The van der Waals surface area contributed by atoms with Crippen LogP contribution >= 0.6 is 0 Å². The van der Waals surface area contributed by atoms with E-state index in [2.05, 4.69) is 20.5 Å². The smallest absolute Gasteiger partial charge is 0.356 e. The highest BCUT2D eigenvalue weighted by atomic mass is 16.4. The Kier molecular flexibility index (Phi) is 3.68. The average molecular weight is 258 g/mol. The first-order valence-electron chi connectivity index (χ1n) is 5.41. The van der Waals surface area contributed by atoms with Gasteiger partial charge in [0.2, 0.25) is 0 Å². The van der Waals surface area contributed by atoms with Gasteiger partial charge in [0.05, 0.1) is 18.1 Å². The lowest BCUT2D eigenvalue weighted by atomic mass is 10.3. The van der Waals surface area contributed by atoms with Crippen molar-refractivity contribution in [3.8, 4) is 6.07 Å². The van der Waals surface area contributed by atoms with Crippen molar-refractivity contribution in [2.75, 3.05) is 11.9 Å². The van der Waals surface area contributed by atoms with Gasteiger partial charge in [-0.2, -0.15) is 10.4 Å². The molecule has 0 unspecified atom stereocenters. The first-order valence-corrected chi connectivity index (χ1v) is 5.41. The number of aromatic nitrogens is 4. The van der Waals surface area contributed by atoms with Crippen molar-refractivity contribution in [3.05, 3.63) is 36.0 Å². The summed E-state index contributed by atoms with van der Waals surface area (Å²) in [7, 11) is 0. The molecule has 96 valence electrons. The average Bonchev–Trinajstić information content (AvgIpc) is 2.88. The quantitative estimate of drug-likeness (QED) is 0.794. The number of anilines is 1. The van der Waals surface area contributed by atoms with Gasteiger partial charge in [0.25, 0.3) is 0 Å². The molecule has 0 aromatic carbocycles. The van der Waals surface area contributed by atoms with Gasteiger partial charge in [-0.15, -0.1) is 5.10 Å². The highest BCUT2D eigenvalue weighted by molar-refractivity contribution is 5.84. The van der Waals surface area contributed by atoms with E-state index in [-0.39, 0.29) is 5.69 Å². The lowest BCUT2D eigenvalue weighted by Gasteiger charge is -2.06. The Hall–Kier alpha value is -2.95. The monoisotopic (exact) mass is 258 g/mol. The summed E-state index contributed by atoms with van der Waals surface area (Å²) in [5.74, 6) is -0.657. The number of carboxylic acids is 1. The molecular weight excluding hydrogens is 248 g/mol. The highest BCUT2D eigenvalue weighted by Gasteiger charge is 2.06. The van der Waals surface area contributed by atoms with Crippen molar-refractivity contribution in [2.45, 2.75) is 6.54 Å². The fraction of sp³-hybridized carbons (Fsp3) is 0.182. The molecule has 0 radical (unpaired) electrons. The van der Waals surface area contributed by atoms with E-state index in [1.165, 1.54) is 18.7 Å². The number of hydrogen-bond donors (Lipinski definition) is 2. The summed E-state index contributed by atoms with van der Waals surface area (Å²) in [6, 6.07) is 3.57. The molecule has 8 heteroatoms. The zero-order valence-electron chi connectivity index (χ0n) is 9.82. The van der Waals surface area contributed by atoms with Gasteiger partial charge >= 0.3 is 5.97 Å². The number of imidazole rings is 1. The lowest BCUT2D eigenvalue weighted by molar-refractivity contribution is 0.0691. The highest BCUT2D eigenvalue weighted by Crippen LogP contribution is 2.07. The molecule has 0 spiro atoms. The van der Waals surface area contributed by atoms with Gasteiger partial charge in [0.15, 0.2) is 11.5 Å². The molecule has 8 nitrogen and oxygen atoms in total. The number of nitrogens with zero attached hydrogens (tertiary/aromatic N) is 5. The van der Waals surface area contributed by atoms with Crippen molar-refractivity contribution in [1.82, 2.24) is 19.7 Å². The molecule has 2 aromatic heterocycles. The van der Waals surface area contributed by atoms with Crippen molar-refractivity contribution >= 4 is 11.8 Å². The summed E-state index contributed by atoms with van der Waals surface area (Å²) < 4.78 is 1.64. The Morgan fingerprint density at radius 3 is 3.11 bits per heavy atom. The standard InChI is InChI=1S/C11H10N6O2/c12-5-8-1-2-15-16-10(8)13-3-4-17-6-9(11(18)19)14-7-17/h1-2,6-7H,3-4H2,(H,13,16)(H,18,19). The molecule has 2 aromatic rings. The minimum atomic E-state index is -1.06. The molecule has 2 rings (SSSR count). The summed E-state index contributed by atoms with van der Waals surface area (Å²) in [6.45, 7) is 0.977. The van der Waals surface area contributed by atoms with E-state index < -0.39 is 5.97 Å². The second-order valence-corrected chi connectivity index (χ2v) is 3.63. The predicted molar refractivity (Wildman–Crippen MR) is 64.4 cm³/mol. The van der Waals surface area contributed by atoms with Gasteiger partial charge in [-0.1, -0.05) is 0 Å². The Labute approximate surface area is 108 Å². The maximum absolute atomic E-state index is 10.6. The normalized spacial score (nSPS) is 9.84. The first kappa shape index (κ1) is 12.5. The van der Waals surface area contributed by atoms with Crippen molar-refractivity contribution in [3.63, 3.8) is 0 Å². The van der Waals surface area contributed by atoms with Crippen LogP contribution in [0.25, 0.3) is 0 Å². The fourth-order valence-corrected chi connectivity index (χ4v) is 1.45. The molecule has 19 heavy (non-hydrogen) atoms. The molecule has 0 atom stereocenters. The molecular formula is C11H10N6O2. The van der Waals surface area contributed by atoms with E-state index in [9.17, 15) is 4.79 Å². The molecule has 2 N–H and O–H groups in total. The third-order valence-corrected chi connectivity index (χ3v) is 2.36. The second kappa shape index (κ2) is 5.59. The Morgan fingerprint density at radius 2 is 2.42 bits per heavy atom. The number of nitrogens with one attached hydrogen (secondary N) is 1. The number of rotatable bonds is 5. The number of carbonyl (C=O) groups is 1. The molecule has 2 heterocycles. The van der Waals surface area contributed by atoms with Crippen LogP contribution in [-0.2, 0) is 6.54 Å². The van der Waals surface area contributed by atoms with Crippen LogP contribution in [0.1, 0.15) is 16.1 Å². The summed E-state index contributed by atoms with van der Waals surface area (Å²) in [5.41, 5.74) is 0.407. The van der Waals surface area contributed by atoms with Crippen molar-refractivity contribution in [2.24, 2.45) is 0 Å². The van der Waals surface area contributed by atoms with Crippen LogP contribution in [0.2, 0.25) is 0 Å². The van der Waals surface area contributed by atoms with Gasteiger partial charge in [-0.25, -0.2) is 9.78 Å². The van der Waals surface area contributed by atoms with E-state index >= 15 is 0 Å². The molecule has 0 aliphatic heterocycles. The topological polar surface area (TPSA) is 117 Å². The predicted octanol–water partition coefficient (Wildman–Crippen LogP) is 0.355. The molecule has 0 fully saturated rings. The van der Waals surface area contributed by atoms with Gasteiger partial charge in [-0.05, 0) is 6.07 Å². The lowest BCUT2D eigenvalue weighted by Crippen LogP contribution is -2.11. The van der Waals surface area contributed by atoms with Crippen LogP contribution in [0.4, 0.5) is 5.82 Å². The Bertz CT molecular complexity index is 630. The van der Waals surface area contributed by atoms with Crippen LogP contribution in [0.3, 0.4) is 0 Å². The van der Waals surface area contributed by atoms with Gasteiger partial charge in [0.1, 0.15) is 6.07 Å². The Morgan fingerprint density at radius 1 is 1.58 bits per heavy atom. The van der Waals surface area contributed by atoms with Crippen molar-refractivity contribution < 1.29 is 9.90 Å². The van der Waals surface area contributed by atoms with Crippen LogP contribution in [0.15, 0.2) is 24.8 Å². The molecule has 0 aliphatic carbocycles. The molecule has 0 aliphatic rings. The van der Waals surface area contributed by atoms with Crippen molar-refractivity contribution in [1.29, 1.82) is 5.26 Å². The SMILES string of the molecule is N#Cc1ccnnc1NCCn1cnc(C(=O)O)c1. The van der Waals surface area contributed by atoms with Crippen LogP contribution in [0.5, 0.6) is 0 Å². The van der Waals surface area contributed by atoms with Crippen LogP contribution in [0, 0.1) is 11.3 Å². The minimum absolute atomic E-state index is 0.00258. The van der Waals surface area contributed by atoms with Gasteiger partial charge in [0, 0.05) is 19.3 Å². The summed E-state index contributed by atoms with van der Waals surface area (Å²) >= 11 is 0. The number of aromatic carboxylic acids is 1. The third-order valence-electron chi connectivity index (χ3n) is 2.36. The molecule has 0 saturated heterocycles. The Balaban J connectivity index is 1.93. The zero-order chi connectivity index (χ0) is 13.7. The van der Waals surface area contributed by atoms with Crippen LogP contribution in [-0.4, -0.2) is 37.4 Å². The van der Waals surface area contributed by atoms with E-state index in [0.717, 1.165) is 0 Å². The largest absolute Gasteiger partial charge is 0.476 e. The fourth-order valence-electron chi connectivity index (χ4n) is 1.45. The molecule has 0 bridgehead atoms. The molecule has 0 amide bonds. The zero-order valence-corrected chi connectivity index (χ0v) is 9.82. The molecule has 0 saturated carbocycles. The van der Waals surface area contributed by atoms with Gasteiger partial charge < -0.3 is 15.0 Å². The van der Waals surface area contributed by atoms with Crippen LogP contribution < -0.4 is 5.32 Å². The van der Waals surface area contributed by atoms with E-state index in [0.29, 0.717) is 24.5 Å². The maximum atomic E-state index is 10.6. The second-order valence-electron chi connectivity index (χ2n) is 3.63. The number of hydrogen-bond acceptors (Lipinski definition) is 6. The third kappa shape index (κ3) is 3.04. The number of carboxylic acid groups (broad SMARTS) is 1. The summed E-state index contributed by atoms with van der Waals surface area (Å²) in [5, 5.41) is 28.0.